The summed E-state index contributed by atoms with van der Waals surface area (Å²) in [6.45, 7) is 14.0. The van der Waals surface area contributed by atoms with Gasteiger partial charge in [0, 0.05) is 6.61 Å². The molecule has 0 saturated carbocycles. The first kappa shape index (κ1) is 13.9. The molecule has 86 valence electrons. The summed E-state index contributed by atoms with van der Waals surface area (Å²) in [5, 5.41) is 3.44. The van der Waals surface area contributed by atoms with E-state index in [1.54, 1.807) is 0 Å². The summed E-state index contributed by atoms with van der Waals surface area (Å²) in [6, 6.07) is 0. The van der Waals surface area contributed by atoms with Gasteiger partial charge in [0.1, 0.15) is 0 Å². The highest BCUT2D eigenvalue weighted by atomic mass is 16.5. The van der Waals surface area contributed by atoms with E-state index in [4.69, 9.17) is 4.74 Å². The highest BCUT2D eigenvalue weighted by Crippen LogP contribution is 2.16. The van der Waals surface area contributed by atoms with Crippen molar-refractivity contribution < 1.29 is 4.74 Å². The van der Waals surface area contributed by atoms with E-state index in [0.29, 0.717) is 11.5 Å². The van der Waals surface area contributed by atoms with Gasteiger partial charge in [-0.25, -0.2) is 0 Å². The molecule has 2 heteroatoms. The number of nitrogens with one attached hydrogen (secondary N) is 1. The Morgan fingerprint density at radius 1 is 1.14 bits per heavy atom. The van der Waals surface area contributed by atoms with Crippen LogP contribution in [0.15, 0.2) is 0 Å². The average Bonchev–Trinajstić information content (AvgIpc) is 2.00. The maximum absolute atomic E-state index is 5.45. The van der Waals surface area contributed by atoms with Crippen LogP contribution in [-0.2, 0) is 4.74 Å². The molecule has 0 amide bonds. The van der Waals surface area contributed by atoms with E-state index < -0.39 is 0 Å². The molecule has 0 bridgehead atoms. The highest BCUT2D eigenvalue weighted by molar-refractivity contribution is 4.62. The molecular weight excluding hydrogens is 174 g/mol. The Bertz CT molecular complexity index is 127. The van der Waals surface area contributed by atoms with Crippen LogP contribution in [0, 0.1) is 5.41 Å². The first-order chi connectivity index (χ1) is 6.42. The molecule has 0 aromatic heterocycles. The number of rotatable bonds is 7. The largest absolute Gasteiger partial charge is 0.379 e. The lowest BCUT2D eigenvalue weighted by atomic mass is 9.92. The second-order valence-corrected chi connectivity index (χ2v) is 5.33. The maximum Gasteiger partial charge on any atom is 0.0518 e. The molecule has 0 aliphatic rings. The third kappa shape index (κ3) is 11.9. The van der Waals surface area contributed by atoms with Gasteiger partial charge in [-0.3, -0.25) is 0 Å². The van der Waals surface area contributed by atoms with Crippen molar-refractivity contribution in [3.63, 3.8) is 0 Å². The minimum Gasteiger partial charge on any atom is -0.379 e. The fraction of sp³-hybridized carbons (Fsp3) is 1.00. The Morgan fingerprint density at radius 2 is 1.79 bits per heavy atom. The van der Waals surface area contributed by atoms with Crippen LogP contribution in [0.1, 0.15) is 47.5 Å². The van der Waals surface area contributed by atoms with Gasteiger partial charge in [-0.05, 0) is 45.2 Å². The van der Waals surface area contributed by atoms with Crippen LogP contribution >= 0.6 is 0 Å². The van der Waals surface area contributed by atoms with Gasteiger partial charge in [-0.2, -0.15) is 0 Å². The first-order valence-corrected chi connectivity index (χ1v) is 5.74. The van der Waals surface area contributed by atoms with E-state index in [2.05, 4.69) is 39.9 Å². The van der Waals surface area contributed by atoms with Gasteiger partial charge in [-0.15, -0.1) is 0 Å². The lowest BCUT2D eigenvalue weighted by Crippen LogP contribution is -2.22. The molecule has 0 fully saturated rings. The van der Waals surface area contributed by atoms with Crippen molar-refractivity contribution in [3.05, 3.63) is 0 Å². The van der Waals surface area contributed by atoms with Gasteiger partial charge in [0.15, 0.2) is 0 Å². The molecule has 1 N–H and O–H groups in total. The third-order valence-corrected chi connectivity index (χ3v) is 2.00. The van der Waals surface area contributed by atoms with Gasteiger partial charge in [-0.1, -0.05) is 20.8 Å². The lowest BCUT2D eigenvalue weighted by molar-refractivity contribution is 0.0770. The molecule has 2 nitrogen and oxygen atoms in total. The van der Waals surface area contributed by atoms with Gasteiger partial charge in [0.05, 0.1) is 6.10 Å². The van der Waals surface area contributed by atoms with Crippen molar-refractivity contribution in [3.8, 4) is 0 Å². The van der Waals surface area contributed by atoms with Crippen molar-refractivity contribution in [1.29, 1.82) is 0 Å². The fourth-order valence-electron chi connectivity index (χ4n) is 1.10. The predicted molar refractivity (Wildman–Crippen MR) is 62.6 cm³/mol. The van der Waals surface area contributed by atoms with Crippen LogP contribution in [0.3, 0.4) is 0 Å². The Kier molecular flexibility index (Phi) is 7.20. The summed E-state index contributed by atoms with van der Waals surface area (Å²) in [4.78, 5) is 0. The van der Waals surface area contributed by atoms with Crippen LogP contribution in [0.25, 0.3) is 0 Å². The topological polar surface area (TPSA) is 21.3 Å². The minimum absolute atomic E-state index is 0.365. The van der Waals surface area contributed by atoms with Gasteiger partial charge < -0.3 is 10.1 Å². The molecule has 0 aromatic carbocycles. The van der Waals surface area contributed by atoms with E-state index in [1.807, 2.05) is 0 Å². The Hall–Kier alpha value is -0.0800. The van der Waals surface area contributed by atoms with E-state index in [-0.39, 0.29) is 0 Å². The fourth-order valence-corrected chi connectivity index (χ4v) is 1.10. The molecule has 14 heavy (non-hydrogen) atoms. The molecule has 0 rings (SSSR count). The smallest absolute Gasteiger partial charge is 0.0518 e. The molecule has 0 heterocycles. The molecule has 0 radical (unpaired) electrons. The molecule has 0 aliphatic heterocycles. The van der Waals surface area contributed by atoms with Gasteiger partial charge in [0.25, 0.3) is 0 Å². The van der Waals surface area contributed by atoms with Crippen molar-refractivity contribution in [2.24, 2.45) is 5.41 Å². The van der Waals surface area contributed by atoms with Crippen molar-refractivity contribution in [1.82, 2.24) is 5.32 Å². The average molecular weight is 201 g/mol. The predicted octanol–water partition coefficient (Wildman–Crippen LogP) is 2.83. The van der Waals surface area contributed by atoms with E-state index in [1.165, 1.54) is 6.42 Å². The van der Waals surface area contributed by atoms with Crippen LogP contribution in [0.4, 0.5) is 0 Å². The molecule has 0 unspecified atom stereocenters. The Balaban J connectivity index is 3.07. The van der Waals surface area contributed by atoms with Gasteiger partial charge >= 0.3 is 0 Å². The zero-order chi connectivity index (χ0) is 11.0. The highest BCUT2D eigenvalue weighted by Gasteiger charge is 2.08. The lowest BCUT2D eigenvalue weighted by Gasteiger charge is -2.18. The third-order valence-electron chi connectivity index (χ3n) is 2.00. The molecule has 0 aromatic rings. The molecule has 0 spiro atoms. The van der Waals surface area contributed by atoms with Crippen LogP contribution in [-0.4, -0.2) is 25.8 Å². The summed E-state index contributed by atoms with van der Waals surface area (Å²) < 4.78 is 5.45. The van der Waals surface area contributed by atoms with E-state index in [0.717, 1.165) is 26.1 Å². The van der Waals surface area contributed by atoms with Crippen molar-refractivity contribution in [2.45, 2.75) is 53.6 Å². The van der Waals surface area contributed by atoms with Crippen LogP contribution in [0.2, 0.25) is 0 Å². The minimum atomic E-state index is 0.365. The molecule has 0 atom stereocenters. The molecular formula is C12H27NO. The first-order valence-electron chi connectivity index (χ1n) is 5.74. The Labute approximate surface area is 89.4 Å². The van der Waals surface area contributed by atoms with Crippen molar-refractivity contribution in [2.75, 3.05) is 19.7 Å². The SMILES string of the molecule is CC(C)OCCCNCCC(C)(C)C. The van der Waals surface area contributed by atoms with Crippen molar-refractivity contribution >= 4 is 0 Å². The summed E-state index contributed by atoms with van der Waals surface area (Å²) in [6.07, 6.45) is 2.71. The second kappa shape index (κ2) is 7.24. The van der Waals surface area contributed by atoms with Gasteiger partial charge in [0.2, 0.25) is 0 Å². The maximum atomic E-state index is 5.45. The summed E-state index contributed by atoms with van der Waals surface area (Å²) in [5.74, 6) is 0. The Morgan fingerprint density at radius 3 is 2.29 bits per heavy atom. The van der Waals surface area contributed by atoms with E-state index >= 15 is 0 Å². The quantitative estimate of drug-likeness (QED) is 0.640. The zero-order valence-electron chi connectivity index (χ0n) is 10.5. The zero-order valence-corrected chi connectivity index (χ0v) is 10.5. The standard InChI is InChI=1S/C12H27NO/c1-11(2)14-10-6-8-13-9-7-12(3,4)5/h11,13H,6-10H2,1-5H3. The monoisotopic (exact) mass is 201 g/mol. The van der Waals surface area contributed by atoms with E-state index in [9.17, 15) is 0 Å². The summed E-state index contributed by atoms with van der Waals surface area (Å²) in [7, 11) is 0. The molecule has 0 aliphatic carbocycles. The van der Waals surface area contributed by atoms with Crippen LogP contribution < -0.4 is 5.32 Å². The second-order valence-electron chi connectivity index (χ2n) is 5.33. The summed E-state index contributed by atoms with van der Waals surface area (Å²) in [5.41, 5.74) is 0.446. The van der Waals surface area contributed by atoms with Crippen LogP contribution in [0.5, 0.6) is 0 Å². The number of hydrogen-bond acceptors (Lipinski definition) is 2. The number of hydrogen-bond donors (Lipinski definition) is 1. The number of ether oxygens (including phenoxy) is 1. The summed E-state index contributed by atoms with van der Waals surface area (Å²) >= 11 is 0. The molecule has 0 saturated heterocycles. The normalized spacial score (nSPS) is 12.4.